The van der Waals surface area contributed by atoms with Crippen molar-refractivity contribution >= 4 is 28.8 Å². The number of nitrogens with one attached hydrogen (secondary N) is 1. The van der Waals surface area contributed by atoms with Gasteiger partial charge < -0.3 is 24.4 Å². The van der Waals surface area contributed by atoms with Crippen LogP contribution in [0, 0.1) is 0 Å². The molecule has 1 amide bonds. The van der Waals surface area contributed by atoms with E-state index in [0.717, 1.165) is 16.4 Å². The summed E-state index contributed by atoms with van der Waals surface area (Å²) < 4.78 is 16.3. The maximum atomic E-state index is 13.1. The number of rotatable bonds is 10. The number of nitrogens with zero attached hydrogens (tertiary/aromatic N) is 2. The zero-order valence-electron chi connectivity index (χ0n) is 20.5. The van der Waals surface area contributed by atoms with E-state index in [9.17, 15) is 9.59 Å². The second kappa shape index (κ2) is 11.9. The molecule has 0 radical (unpaired) electrons. The smallest absolute Gasteiger partial charge is 0.338 e. The van der Waals surface area contributed by atoms with E-state index in [0.29, 0.717) is 42.3 Å². The Bertz CT molecular complexity index is 1210. The summed E-state index contributed by atoms with van der Waals surface area (Å²) in [6.45, 7) is 2.81. The number of carbonyl (C=O) groups is 2. The van der Waals surface area contributed by atoms with Gasteiger partial charge in [-0.3, -0.25) is 4.79 Å². The highest BCUT2D eigenvalue weighted by molar-refractivity contribution is 8.16. The number of para-hydroxylation sites is 1. The standard InChI is InChI=1S/C27H29N3O5S/c1-4-22-24(26(32)34-3)25(18-9-8-12-21(15-18)35-20-10-6-5-7-11-20)30-19(17-36-27(30)29-22)16-23(31)28-13-14-33-2/h5-12,15,17,25H,4,13-14,16H2,1-3H3,(H,28,31). The van der Waals surface area contributed by atoms with Crippen molar-refractivity contribution in [3.05, 3.63) is 82.5 Å². The highest BCUT2D eigenvalue weighted by Gasteiger charge is 2.41. The number of hydrogen-bond donors (Lipinski definition) is 1. The molecule has 2 aliphatic heterocycles. The molecule has 0 fully saturated rings. The van der Waals surface area contributed by atoms with Gasteiger partial charge in [-0.1, -0.05) is 49.0 Å². The summed E-state index contributed by atoms with van der Waals surface area (Å²) in [5, 5.41) is 5.50. The Labute approximate surface area is 215 Å². The molecule has 0 saturated carbocycles. The summed E-state index contributed by atoms with van der Waals surface area (Å²) >= 11 is 1.44. The lowest BCUT2D eigenvalue weighted by molar-refractivity contribution is -0.136. The number of esters is 1. The Balaban J connectivity index is 1.71. The monoisotopic (exact) mass is 507 g/mol. The Morgan fingerprint density at radius 3 is 2.58 bits per heavy atom. The molecule has 0 aromatic heterocycles. The number of fused-ring (bicyclic) bond motifs is 1. The van der Waals surface area contributed by atoms with Crippen molar-refractivity contribution in [2.45, 2.75) is 25.8 Å². The first-order chi connectivity index (χ1) is 17.5. The topological polar surface area (TPSA) is 89.5 Å². The Hall–Kier alpha value is -3.56. The van der Waals surface area contributed by atoms with Crippen molar-refractivity contribution in [2.75, 3.05) is 27.4 Å². The fourth-order valence-corrected chi connectivity index (χ4v) is 5.06. The van der Waals surface area contributed by atoms with Gasteiger partial charge in [0.25, 0.3) is 0 Å². The van der Waals surface area contributed by atoms with E-state index in [4.69, 9.17) is 19.2 Å². The van der Waals surface area contributed by atoms with E-state index < -0.39 is 12.0 Å². The van der Waals surface area contributed by atoms with Crippen LogP contribution in [0.15, 0.2) is 82.0 Å². The molecule has 188 valence electrons. The molecule has 9 heteroatoms. The SMILES string of the molecule is CCC1=C(C(=O)OC)C(c2cccc(Oc3ccccc3)c2)N2C(CC(=O)NCCOC)=CSC2=N1. The minimum Gasteiger partial charge on any atom is -0.466 e. The van der Waals surface area contributed by atoms with Crippen LogP contribution in [0.25, 0.3) is 0 Å². The molecule has 8 nitrogen and oxygen atoms in total. The molecule has 1 atom stereocenters. The summed E-state index contributed by atoms with van der Waals surface area (Å²) in [5.41, 5.74) is 2.70. The number of methoxy groups -OCH3 is 2. The zero-order chi connectivity index (χ0) is 25.5. The van der Waals surface area contributed by atoms with Gasteiger partial charge in [-0.15, -0.1) is 0 Å². The second-order valence-corrected chi connectivity index (χ2v) is 8.94. The second-order valence-electron chi connectivity index (χ2n) is 8.11. The van der Waals surface area contributed by atoms with Crippen LogP contribution < -0.4 is 10.1 Å². The summed E-state index contributed by atoms with van der Waals surface area (Å²) in [4.78, 5) is 32.4. The van der Waals surface area contributed by atoms with Crippen molar-refractivity contribution < 1.29 is 23.8 Å². The number of benzene rings is 2. The molecular weight excluding hydrogens is 478 g/mol. The van der Waals surface area contributed by atoms with Crippen molar-refractivity contribution in [3.63, 3.8) is 0 Å². The van der Waals surface area contributed by atoms with E-state index in [-0.39, 0.29) is 12.3 Å². The van der Waals surface area contributed by atoms with Gasteiger partial charge in [0.1, 0.15) is 11.5 Å². The number of ether oxygens (including phenoxy) is 3. The van der Waals surface area contributed by atoms with Crippen LogP contribution in [0.3, 0.4) is 0 Å². The van der Waals surface area contributed by atoms with Crippen LogP contribution in [0.1, 0.15) is 31.4 Å². The zero-order valence-corrected chi connectivity index (χ0v) is 21.3. The third-order valence-corrected chi connectivity index (χ3v) is 6.64. The molecule has 0 spiro atoms. The number of amidine groups is 1. The van der Waals surface area contributed by atoms with Gasteiger partial charge >= 0.3 is 5.97 Å². The lowest BCUT2D eigenvalue weighted by atomic mass is 9.92. The molecule has 4 rings (SSSR count). The molecule has 0 bridgehead atoms. The van der Waals surface area contributed by atoms with Gasteiger partial charge in [0.15, 0.2) is 5.17 Å². The number of aliphatic imine (C=N–C) groups is 1. The maximum Gasteiger partial charge on any atom is 0.338 e. The number of hydrogen-bond acceptors (Lipinski definition) is 8. The van der Waals surface area contributed by atoms with Gasteiger partial charge in [-0.25, -0.2) is 9.79 Å². The Kier molecular flexibility index (Phi) is 8.45. The molecule has 1 N–H and O–H groups in total. The van der Waals surface area contributed by atoms with E-state index in [1.807, 2.05) is 71.8 Å². The van der Waals surface area contributed by atoms with Crippen molar-refractivity contribution in [3.8, 4) is 11.5 Å². The molecular formula is C27H29N3O5S. The summed E-state index contributed by atoms with van der Waals surface area (Å²) in [7, 11) is 2.96. The fraction of sp³-hybridized carbons (Fsp3) is 0.296. The molecule has 1 unspecified atom stereocenters. The number of carbonyl (C=O) groups excluding carboxylic acids is 2. The van der Waals surface area contributed by atoms with Crippen LogP contribution >= 0.6 is 11.8 Å². The highest BCUT2D eigenvalue weighted by atomic mass is 32.2. The average molecular weight is 508 g/mol. The average Bonchev–Trinajstić information content (AvgIpc) is 3.30. The summed E-state index contributed by atoms with van der Waals surface area (Å²) in [6.07, 6.45) is 0.703. The Morgan fingerprint density at radius 1 is 1.08 bits per heavy atom. The highest BCUT2D eigenvalue weighted by Crippen LogP contribution is 2.46. The van der Waals surface area contributed by atoms with E-state index in [1.54, 1.807) is 7.11 Å². The quantitative estimate of drug-likeness (QED) is 0.366. The van der Waals surface area contributed by atoms with Gasteiger partial charge in [-0.05, 0) is 41.7 Å². The summed E-state index contributed by atoms with van der Waals surface area (Å²) in [5.74, 6) is 0.767. The first-order valence-corrected chi connectivity index (χ1v) is 12.6. The third-order valence-electron chi connectivity index (χ3n) is 5.75. The van der Waals surface area contributed by atoms with Gasteiger partial charge in [0.05, 0.1) is 37.4 Å². The fourth-order valence-electron chi connectivity index (χ4n) is 4.12. The van der Waals surface area contributed by atoms with Crippen LogP contribution in [0.4, 0.5) is 0 Å². The van der Waals surface area contributed by atoms with Crippen molar-refractivity contribution in [1.29, 1.82) is 0 Å². The minimum absolute atomic E-state index is 0.134. The van der Waals surface area contributed by atoms with E-state index >= 15 is 0 Å². The maximum absolute atomic E-state index is 13.1. The normalized spacial score (nSPS) is 16.8. The van der Waals surface area contributed by atoms with Crippen LogP contribution in [0.2, 0.25) is 0 Å². The summed E-state index contributed by atoms with van der Waals surface area (Å²) in [6, 6.07) is 16.6. The van der Waals surface area contributed by atoms with Crippen LogP contribution in [-0.2, 0) is 19.1 Å². The molecule has 2 aromatic carbocycles. The van der Waals surface area contributed by atoms with Crippen molar-refractivity contribution in [2.24, 2.45) is 4.99 Å². The predicted octanol–water partition coefficient (Wildman–Crippen LogP) is 4.77. The van der Waals surface area contributed by atoms with Gasteiger partial charge in [0.2, 0.25) is 5.91 Å². The molecule has 2 aromatic rings. The molecule has 0 saturated heterocycles. The lowest BCUT2D eigenvalue weighted by Gasteiger charge is -2.36. The van der Waals surface area contributed by atoms with Crippen molar-refractivity contribution in [1.82, 2.24) is 10.2 Å². The predicted molar refractivity (Wildman–Crippen MR) is 139 cm³/mol. The Morgan fingerprint density at radius 2 is 1.86 bits per heavy atom. The first kappa shape index (κ1) is 25.5. The molecule has 2 heterocycles. The number of allylic oxidation sites excluding steroid dienone is 1. The lowest BCUT2D eigenvalue weighted by Crippen LogP contribution is -2.38. The van der Waals surface area contributed by atoms with Gasteiger partial charge in [-0.2, -0.15) is 0 Å². The van der Waals surface area contributed by atoms with E-state index in [2.05, 4.69) is 5.32 Å². The third kappa shape index (κ3) is 5.63. The van der Waals surface area contributed by atoms with Crippen LogP contribution in [0.5, 0.6) is 11.5 Å². The van der Waals surface area contributed by atoms with Crippen LogP contribution in [-0.4, -0.2) is 49.3 Å². The molecule has 0 aliphatic carbocycles. The minimum atomic E-state index is -0.521. The van der Waals surface area contributed by atoms with Gasteiger partial charge in [0, 0.05) is 19.4 Å². The first-order valence-electron chi connectivity index (χ1n) is 11.7. The van der Waals surface area contributed by atoms with E-state index in [1.165, 1.54) is 18.9 Å². The number of amides is 1. The molecule has 36 heavy (non-hydrogen) atoms. The number of thioether (sulfide) groups is 1. The molecule has 2 aliphatic rings. The largest absolute Gasteiger partial charge is 0.466 e.